The average molecular weight is 244 g/mol. The minimum atomic E-state index is -0.0931. The summed E-state index contributed by atoms with van der Waals surface area (Å²) in [5, 5.41) is 10.9. The van der Waals surface area contributed by atoms with E-state index in [4.69, 9.17) is 5.73 Å². The number of para-hydroxylation sites is 1. The zero-order valence-corrected chi connectivity index (χ0v) is 10.8. The van der Waals surface area contributed by atoms with E-state index in [1.54, 1.807) is 0 Å². The molecule has 1 fully saturated rings. The summed E-state index contributed by atoms with van der Waals surface area (Å²) in [4.78, 5) is 0. The number of rotatable bonds is 3. The normalized spacial score (nSPS) is 19.7. The van der Waals surface area contributed by atoms with Crippen molar-refractivity contribution in [2.45, 2.75) is 25.3 Å². The maximum Gasteiger partial charge on any atom is 0.0505 e. The van der Waals surface area contributed by atoms with Gasteiger partial charge in [0.05, 0.1) is 6.61 Å². The van der Waals surface area contributed by atoms with Gasteiger partial charge in [-0.15, -0.1) is 0 Å². The first kappa shape index (κ1) is 11.8. The molecule has 0 amide bonds. The minimum absolute atomic E-state index is 0.0673. The molecular weight excluding hydrogens is 224 g/mol. The Balaban J connectivity index is 2.09. The van der Waals surface area contributed by atoms with Crippen LogP contribution in [0.4, 0.5) is 0 Å². The smallest absolute Gasteiger partial charge is 0.0505 e. The number of aromatic nitrogens is 1. The molecule has 1 unspecified atom stereocenters. The maximum atomic E-state index is 9.66. The Morgan fingerprint density at radius 2 is 2.11 bits per heavy atom. The number of hydrogen-bond donors (Lipinski definition) is 2. The second-order valence-electron chi connectivity index (χ2n) is 5.56. The zero-order valence-electron chi connectivity index (χ0n) is 10.8. The number of aryl methyl sites for hydroxylation is 1. The molecule has 1 aromatic carbocycles. The summed E-state index contributed by atoms with van der Waals surface area (Å²) in [6.07, 6.45) is 5.37. The average Bonchev–Trinajstić information content (AvgIpc) is 2.67. The van der Waals surface area contributed by atoms with Crippen molar-refractivity contribution in [3.05, 3.63) is 36.0 Å². The number of nitrogens with two attached hydrogens (primary N) is 1. The first-order valence-electron chi connectivity index (χ1n) is 6.58. The third-order valence-electron chi connectivity index (χ3n) is 4.59. The van der Waals surface area contributed by atoms with Gasteiger partial charge in [-0.05, 0) is 24.5 Å². The SMILES string of the molecule is Cn1cc(C(N)C2(CO)CCC2)c2ccccc21. The van der Waals surface area contributed by atoms with E-state index in [2.05, 4.69) is 22.9 Å². The molecule has 1 aromatic heterocycles. The van der Waals surface area contributed by atoms with E-state index in [1.165, 1.54) is 22.9 Å². The molecule has 1 atom stereocenters. The third kappa shape index (κ3) is 1.51. The van der Waals surface area contributed by atoms with Crippen molar-refractivity contribution in [1.29, 1.82) is 0 Å². The molecule has 3 nitrogen and oxygen atoms in total. The van der Waals surface area contributed by atoms with E-state index < -0.39 is 0 Å². The first-order chi connectivity index (χ1) is 8.68. The van der Waals surface area contributed by atoms with Gasteiger partial charge in [0.15, 0.2) is 0 Å². The number of fused-ring (bicyclic) bond motifs is 1. The molecule has 0 spiro atoms. The van der Waals surface area contributed by atoms with E-state index in [0.717, 1.165) is 12.8 Å². The molecule has 3 heteroatoms. The topological polar surface area (TPSA) is 51.2 Å². The molecule has 0 radical (unpaired) electrons. The van der Waals surface area contributed by atoms with E-state index in [0.29, 0.717) is 0 Å². The lowest BCUT2D eigenvalue weighted by Crippen LogP contribution is -2.43. The van der Waals surface area contributed by atoms with Crippen LogP contribution in [0.3, 0.4) is 0 Å². The quantitative estimate of drug-likeness (QED) is 0.870. The Hall–Kier alpha value is -1.32. The molecule has 1 saturated carbocycles. The van der Waals surface area contributed by atoms with Gasteiger partial charge in [-0.2, -0.15) is 0 Å². The van der Waals surface area contributed by atoms with Crippen LogP contribution >= 0.6 is 0 Å². The van der Waals surface area contributed by atoms with Gasteiger partial charge in [0.25, 0.3) is 0 Å². The molecule has 3 N–H and O–H groups in total. The Morgan fingerprint density at radius 3 is 2.72 bits per heavy atom. The minimum Gasteiger partial charge on any atom is -0.396 e. The largest absolute Gasteiger partial charge is 0.396 e. The van der Waals surface area contributed by atoms with Gasteiger partial charge >= 0.3 is 0 Å². The van der Waals surface area contributed by atoms with Gasteiger partial charge < -0.3 is 15.4 Å². The highest BCUT2D eigenvalue weighted by Gasteiger charge is 2.43. The number of aliphatic hydroxyl groups excluding tert-OH is 1. The molecule has 1 heterocycles. The lowest BCUT2D eigenvalue weighted by Gasteiger charge is -2.45. The van der Waals surface area contributed by atoms with Crippen LogP contribution in [-0.4, -0.2) is 16.3 Å². The van der Waals surface area contributed by atoms with Gasteiger partial charge in [-0.1, -0.05) is 24.6 Å². The van der Waals surface area contributed by atoms with Crippen molar-refractivity contribution in [1.82, 2.24) is 4.57 Å². The number of nitrogens with zero attached hydrogens (tertiary/aromatic N) is 1. The number of aliphatic hydroxyl groups is 1. The zero-order chi connectivity index (χ0) is 12.8. The fraction of sp³-hybridized carbons (Fsp3) is 0.467. The van der Waals surface area contributed by atoms with Crippen molar-refractivity contribution in [3.8, 4) is 0 Å². The molecule has 1 aliphatic carbocycles. The molecule has 0 bridgehead atoms. The van der Waals surface area contributed by atoms with Gasteiger partial charge in [0, 0.05) is 35.6 Å². The van der Waals surface area contributed by atoms with Crippen molar-refractivity contribution in [2.75, 3.05) is 6.61 Å². The first-order valence-corrected chi connectivity index (χ1v) is 6.58. The summed E-state index contributed by atoms with van der Waals surface area (Å²) < 4.78 is 2.12. The van der Waals surface area contributed by atoms with E-state index in [1.807, 2.05) is 19.2 Å². The summed E-state index contributed by atoms with van der Waals surface area (Å²) in [6, 6.07) is 8.25. The highest BCUT2D eigenvalue weighted by atomic mass is 16.3. The van der Waals surface area contributed by atoms with E-state index in [-0.39, 0.29) is 18.1 Å². The Kier molecular flexibility index (Phi) is 2.68. The van der Waals surface area contributed by atoms with Crippen molar-refractivity contribution in [3.63, 3.8) is 0 Å². The fourth-order valence-corrected chi connectivity index (χ4v) is 3.15. The van der Waals surface area contributed by atoms with Crippen LogP contribution in [0.2, 0.25) is 0 Å². The molecular formula is C15H20N2O. The molecule has 18 heavy (non-hydrogen) atoms. The maximum absolute atomic E-state index is 9.66. The predicted octanol–water partition coefficient (Wildman–Crippen LogP) is 2.34. The molecule has 2 aromatic rings. The van der Waals surface area contributed by atoms with Crippen LogP contribution in [-0.2, 0) is 7.05 Å². The summed E-state index contributed by atoms with van der Waals surface area (Å²) in [5.74, 6) is 0. The Bertz CT molecular complexity index is 563. The van der Waals surface area contributed by atoms with E-state index >= 15 is 0 Å². The van der Waals surface area contributed by atoms with E-state index in [9.17, 15) is 5.11 Å². The summed E-state index contributed by atoms with van der Waals surface area (Å²) >= 11 is 0. The van der Waals surface area contributed by atoms with Crippen LogP contribution in [0.1, 0.15) is 30.9 Å². The highest BCUT2D eigenvalue weighted by Crippen LogP contribution is 2.49. The van der Waals surface area contributed by atoms with Crippen molar-refractivity contribution < 1.29 is 5.11 Å². The highest BCUT2D eigenvalue weighted by molar-refractivity contribution is 5.84. The second-order valence-corrected chi connectivity index (χ2v) is 5.56. The second kappa shape index (κ2) is 4.11. The van der Waals surface area contributed by atoms with Crippen molar-refractivity contribution >= 4 is 10.9 Å². The predicted molar refractivity (Wildman–Crippen MR) is 73.2 cm³/mol. The Labute approximate surface area is 107 Å². The molecule has 1 aliphatic rings. The van der Waals surface area contributed by atoms with Crippen molar-refractivity contribution in [2.24, 2.45) is 18.2 Å². The third-order valence-corrected chi connectivity index (χ3v) is 4.59. The van der Waals surface area contributed by atoms with Gasteiger partial charge in [0.2, 0.25) is 0 Å². The number of hydrogen-bond acceptors (Lipinski definition) is 2. The number of benzene rings is 1. The van der Waals surface area contributed by atoms with Gasteiger partial charge in [0.1, 0.15) is 0 Å². The molecule has 3 rings (SSSR count). The molecule has 96 valence electrons. The summed E-state index contributed by atoms with van der Waals surface area (Å²) in [5.41, 5.74) is 8.73. The fourth-order valence-electron chi connectivity index (χ4n) is 3.15. The van der Waals surface area contributed by atoms with Crippen LogP contribution < -0.4 is 5.73 Å². The lowest BCUT2D eigenvalue weighted by atomic mass is 9.63. The van der Waals surface area contributed by atoms with Crippen LogP contribution in [0.5, 0.6) is 0 Å². The van der Waals surface area contributed by atoms with Crippen LogP contribution in [0, 0.1) is 5.41 Å². The Morgan fingerprint density at radius 1 is 1.39 bits per heavy atom. The monoisotopic (exact) mass is 244 g/mol. The summed E-state index contributed by atoms with van der Waals surface area (Å²) in [7, 11) is 2.05. The van der Waals surface area contributed by atoms with Gasteiger partial charge in [-0.25, -0.2) is 0 Å². The van der Waals surface area contributed by atoms with Gasteiger partial charge in [-0.3, -0.25) is 0 Å². The lowest BCUT2D eigenvalue weighted by molar-refractivity contribution is 0.0188. The standard InChI is InChI=1S/C15H20N2O/c1-17-9-12(11-5-2-3-6-13(11)17)14(16)15(10-18)7-4-8-15/h2-3,5-6,9,14,18H,4,7-8,10,16H2,1H3. The molecule has 0 aliphatic heterocycles. The summed E-state index contributed by atoms with van der Waals surface area (Å²) in [6.45, 7) is 0.192. The van der Waals surface area contributed by atoms with Crippen LogP contribution in [0.15, 0.2) is 30.5 Å². The van der Waals surface area contributed by atoms with Crippen LogP contribution in [0.25, 0.3) is 10.9 Å². The molecule has 0 saturated heterocycles.